The van der Waals surface area contributed by atoms with Crippen LogP contribution < -0.4 is 0 Å². The van der Waals surface area contributed by atoms with Crippen LogP contribution in [-0.4, -0.2) is 19.3 Å². The Kier molecular flexibility index (Phi) is 2.37. The highest BCUT2D eigenvalue weighted by Gasteiger charge is 2.06. The molecule has 16 heavy (non-hydrogen) atoms. The molecule has 78 valence electrons. The van der Waals surface area contributed by atoms with Gasteiger partial charge in [0.15, 0.2) is 9.74 Å². The van der Waals surface area contributed by atoms with Crippen LogP contribution in [0.2, 0.25) is 0 Å². The van der Waals surface area contributed by atoms with E-state index in [0.29, 0.717) is 5.82 Å². The Morgan fingerprint density at radius 3 is 2.62 bits per heavy atom. The van der Waals surface area contributed by atoms with Gasteiger partial charge in [-0.25, -0.2) is 4.98 Å². The van der Waals surface area contributed by atoms with E-state index in [1.165, 1.54) is 11.5 Å². The van der Waals surface area contributed by atoms with E-state index in [1.54, 1.807) is 12.4 Å². The first-order valence-corrected chi connectivity index (χ1v) is 6.10. The quantitative estimate of drug-likeness (QED) is 0.692. The van der Waals surface area contributed by atoms with Crippen LogP contribution in [-0.2, 0) is 0 Å². The fraction of sp³-hybridized carbons (Fsp3) is 0. The molecule has 0 atom stereocenters. The molecule has 6 heteroatoms. The van der Waals surface area contributed by atoms with Gasteiger partial charge in [-0.3, -0.25) is 9.97 Å². The maximum atomic E-state index is 4.26. The molecule has 0 spiro atoms. The van der Waals surface area contributed by atoms with Crippen molar-refractivity contribution in [3.05, 3.63) is 34.5 Å². The molecule has 0 saturated heterocycles. The number of halogens is 1. The fourth-order valence-electron chi connectivity index (χ4n) is 1.42. The molecular formula is C10H5BrN4S. The highest BCUT2D eigenvalue weighted by molar-refractivity contribution is 9.11. The van der Waals surface area contributed by atoms with Gasteiger partial charge in [-0.15, -0.1) is 0 Å². The average Bonchev–Trinajstić information content (AvgIpc) is 2.75. The van der Waals surface area contributed by atoms with E-state index in [9.17, 15) is 0 Å². The van der Waals surface area contributed by atoms with E-state index in [-0.39, 0.29) is 0 Å². The molecule has 0 radical (unpaired) electrons. The summed E-state index contributed by atoms with van der Waals surface area (Å²) in [4.78, 5) is 12.7. The molecule has 0 aliphatic carbocycles. The van der Waals surface area contributed by atoms with Gasteiger partial charge in [0, 0.05) is 18.0 Å². The Balaban J connectivity index is 2.18. The normalized spacial score (nSPS) is 10.8. The van der Waals surface area contributed by atoms with Crippen LogP contribution in [0.25, 0.3) is 22.4 Å². The topological polar surface area (TPSA) is 51.6 Å². The molecule has 0 amide bonds. The lowest BCUT2D eigenvalue weighted by molar-refractivity contribution is 1.28. The second-order valence-electron chi connectivity index (χ2n) is 3.13. The number of benzene rings is 1. The third kappa shape index (κ3) is 1.70. The Bertz CT molecular complexity index is 652. The standard InChI is InChI=1S/C10H5BrN4S/c11-10-14-9(15-16-10)6-1-2-7-8(5-6)13-4-3-12-7/h1-5H. The van der Waals surface area contributed by atoms with E-state index in [0.717, 1.165) is 20.5 Å². The summed E-state index contributed by atoms with van der Waals surface area (Å²) in [6, 6.07) is 5.81. The van der Waals surface area contributed by atoms with Crippen LogP contribution in [0, 0.1) is 0 Å². The van der Waals surface area contributed by atoms with Crippen molar-refractivity contribution in [2.45, 2.75) is 0 Å². The molecule has 0 saturated carbocycles. The molecule has 0 aliphatic heterocycles. The smallest absolute Gasteiger partial charge is 0.179 e. The summed E-state index contributed by atoms with van der Waals surface area (Å²) >= 11 is 4.62. The van der Waals surface area contributed by atoms with Crippen molar-refractivity contribution in [3.8, 4) is 11.4 Å². The van der Waals surface area contributed by atoms with Crippen molar-refractivity contribution in [2.24, 2.45) is 0 Å². The minimum Gasteiger partial charge on any atom is -0.253 e. The molecule has 1 aromatic carbocycles. The number of fused-ring (bicyclic) bond motifs is 1. The number of aromatic nitrogens is 4. The molecule has 0 aliphatic rings. The number of hydrogen-bond acceptors (Lipinski definition) is 5. The van der Waals surface area contributed by atoms with Gasteiger partial charge in [0.25, 0.3) is 0 Å². The molecule has 0 unspecified atom stereocenters. The molecular weight excluding hydrogens is 288 g/mol. The van der Waals surface area contributed by atoms with Gasteiger partial charge in [-0.2, -0.15) is 4.37 Å². The predicted molar refractivity (Wildman–Crippen MR) is 66.1 cm³/mol. The Hall–Kier alpha value is -1.40. The number of hydrogen-bond donors (Lipinski definition) is 0. The van der Waals surface area contributed by atoms with Crippen molar-refractivity contribution in [2.75, 3.05) is 0 Å². The molecule has 2 heterocycles. The lowest BCUT2D eigenvalue weighted by Crippen LogP contribution is -1.85. The predicted octanol–water partition coefficient (Wildman–Crippen LogP) is 2.91. The maximum absolute atomic E-state index is 4.26. The summed E-state index contributed by atoms with van der Waals surface area (Å²) in [6.07, 6.45) is 3.36. The maximum Gasteiger partial charge on any atom is 0.179 e. The van der Waals surface area contributed by atoms with Crippen LogP contribution in [0.15, 0.2) is 34.5 Å². The average molecular weight is 293 g/mol. The lowest BCUT2D eigenvalue weighted by atomic mass is 10.2. The largest absolute Gasteiger partial charge is 0.253 e. The summed E-state index contributed by atoms with van der Waals surface area (Å²) < 4.78 is 5.01. The molecule has 3 aromatic rings. The van der Waals surface area contributed by atoms with Gasteiger partial charge >= 0.3 is 0 Å². The molecule has 3 rings (SSSR count). The van der Waals surface area contributed by atoms with Crippen LogP contribution in [0.3, 0.4) is 0 Å². The summed E-state index contributed by atoms with van der Waals surface area (Å²) in [7, 11) is 0. The van der Waals surface area contributed by atoms with Crippen LogP contribution in [0.4, 0.5) is 0 Å². The molecule has 0 fully saturated rings. The highest BCUT2D eigenvalue weighted by Crippen LogP contribution is 2.23. The first-order valence-electron chi connectivity index (χ1n) is 4.53. The highest BCUT2D eigenvalue weighted by atomic mass is 79.9. The third-order valence-electron chi connectivity index (χ3n) is 2.13. The van der Waals surface area contributed by atoms with Gasteiger partial charge in [0.1, 0.15) is 0 Å². The van der Waals surface area contributed by atoms with Crippen molar-refractivity contribution < 1.29 is 0 Å². The van der Waals surface area contributed by atoms with Gasteiger partial charge in [0.2, 0.25) is 0 Å². The second kappa shape index (κ2) is 3.88. The van der Waals surface area contributed by atoms with Gasteiger partial charge in [-0.05, 0) is 45.7 Å². The summed E-state index contributed by atoms with van der Waals surface area (Å²) in [5.74, 6) is 0.712. The van der Waals surface area contributed by atoms with Crippen molar-refractivity contribution in [3.63, 3.8) is 0 Å². The zero-order valence-electron chi connectivity index (χ0n) is 7.96. The molecule has 0 bridgehead atoms. The zero-order valence-corrected chi connectivity index (χ0v) is 10.4. The molecule has 2 aromatic heterocycles. The second-order valence-corrected chi connectivity index (χ2v) is 5.16. The first-order chi connectivity index (χ1) is 7.83. The van der Waals surface area contributed by atoms with Crippen molar-refractivity contribution in [1.82, 2.24) is 19.3 Å². The lowest BCUT2D eigenvalue weighted by Gasteiger charge is -1.97. The van der Waals surface area contributed by atoms with Gasteiger partial charge in [-0.1, -0.05) is 0 Å². The monoisotopic (exact) mass is 292 g/mol. The zero-order chi connectivity index (χ0) is 11.0. The first kappa shape index (κ1) is 9.80. The van der Waals surface area contributed by atoms with E-state index in [2.05, 4.69) is 35.3 Å². The van der Waals surface area contributed by atoms with Gasteiger partial charge < -0.3 is 0 Å². The van der Waals surface area contributed by atoms with Crippen LogP contribution in [0.5, 0.6) is 0 Å². The van der Waals surface area contributed by atoms with Crippen molar-refractivity contribution >= 4 is 38.5 Å². The Morgan fingerprint density at radius 2 is 1.88 bits per heavy atom. The van der Waals surface area contributed by atoms with Crippen LogP contribution >= 0.6 is 27.5 Å². The minimum atomic E-state index is 0.712. The Morgan fingerprint density at radius 1 is 1.06 bits per heavy atom. The summed E-state index contributed by atoms with van der Waals surface area (Å²) in [5, 5.41) is 0. The van der Waals surface area contributed by atoms with Crippen molar-refractivity contribution in [1.29, 1.82) is 0 Å². The Labute approximate surface area is 104 Å². The summed E-state index contributed by atoms with van der Waals surface area (Å²) in [5.41, 5.74) is 2.68. The molecule has 0 N–H and O–H groups in total. The summed E-state index contributed by atoms with van der Waals surface area (Å²) in [6.45, 7) is 0. The van der Waals surface area contributed by atoms with E-state index in [1.807, 2.05) is 18.2 Å². The SMILES string of the molecule is Brc1nc(-c2ccc3nccnc3c2)ns1. The number of rotatable bonds is 1. The van der Waals surface area contributed by atoms with Gasteiger partial charge in [0.05, 0.1) is 11.0 Å². The fourth-order valence-corrected chi connectivity index (χ4v) is 2.25. The van der Waals surface area contributed by atoms with E-state index in [4.69, 9.17) is 0 Å². The third-order valence-corrected chi connectivity index (χ3v) is 3.25. The van der Waals surface area contributed by atoms with E-state index < -0.39 is 0 Å². The van der Waals surface area contributed by atoms with E-state index >= 15 is 0 Å². The molecule has 4 nitrogen and oxygen atoms in total. The van der Waals surface area contributed by atoms with Crippen LogP contribution in [0.1, 0.15) is 0 Å². The number of nitrogens with zero attached hydrogens (tertiary/aromatic N) is 4. The minimum absolute atomic E-state index is 0.712.